The summed E-state index contributed by atoms with van der Waals surface area (Å²) in [6.07, 6.45) is 0.810. The van der Waals surface area contributed by atoms with Crippen LogP contribution in [0.25, 0.3) is 0 Å². The number of hydrogen-bond donors (Lipinski definition) is 1. The van der Waals surface area contributed by atoms with Crippen molar-refractivity contribution in [3.8, 4) is 0 Å². The Hall–Kier alpha value is -1.84. The molecule has 0 aliphatic heterocycles. The van der Waals surface area contributed by atoms with Crippen LogP contribution in [0.5, 0.6) is 0 Å². The molecule has 0 amide bonds. The van der Waals surface area contributed by atoms with Gasteiger partial charge in [-0.25, -0.2) is 4.68 Å². The average molecular weight is 216 g/mol. The molecule has 1 aromatic carbocycles. The van der Waals surface area contributed by atoms with Crippen molar-refractivity contribution in [1.29, 1.82) is 0 Å². The highest BCUT2D eigenvalue weighted by Gasteiger charge is 2.06. The molecule has 0 fully saturated rings. The van der Waals surface area contributed by atoms with Gasteiger partial charge in [0.2, 0.25) is 5.95 Å². The zero-order valence-corrected chi connectivity index (χ0v) is 9.64. The molecule has 0 aliphatic carbocycles. The van der Waals surface area contributed by atoms with Gasteiger partial charge in [-0.2, -0.15) is 10.1 Å². The van der Waals surface area contributed by atoms with E-state index in [1.807, 2.05) is 19.1 Å². The summed E-state index contributed by atoms with van der Waals surface area (Å²) >= 11 is 0. The Bertz CT molecular complexity index is 488. The molecule has 0 aliphatic rings. The number of nitrogens with zero attached hydrogens (tertiary/aromatic N) is 3. The first-order valence-corrected chi connectivity index (χ1v) is 5.44. The minimum atomic E-state index is 0.486. The van der Waals surface area contributed by atoms with Crippen LogP contribution in [0.2, 0.25) is 0 Å². The van der Waals surface area contributed by atoms with Crippen LogP contribution in [0.3, 0.4) is 0 Å². The van der Waals surface area contributed by atoms with Crippen LogP contribution in [-0.4, -0.2) is 14.8 Å². The van der Waals surface area contributed by atoms with Crippen molar-refractivity contribution in [2.45, 2.75) is 26.8 Å². The van der Waals surface area contributed by atoms with E-state index in [2.05, 4.69) is 29.1 Å². The van der Waals surface area contributed by atoms with Gasteiger partial charge in [-0.1, -0.05) is 31.2 Å². The number of nitrogen functional groups attached to an aromatic ring is 1. The quantitative estimate of drug-likeness (QED) is 0.850. The fourth-order valence-electron chi connectivity index (χ4n) is 1.62. The van der Waals surface area contributed by atoms with E-state index in [0.29, 0.717) is 12.5 Å². The monoisotopic (exact) mass is 216 g/mol. The van der Waals surface area contributed by atoms with Crippen molar-refractivity contribution >= 4 is 5.95 Å². The largest absolute Gasteiger partial charge is 0.368 e. The lowest BCUT2D eigenvalue weighted by Crippen LogP contribution is -2.07. The highest BCUT2D eigenvalue weighted by molar-refractivity contribution is 5.27. The van der Waals surface area contributed by atoms with Crippen LogP contribution in [0.4, 0.5) is 5.95 Å². The van der Waals surface area contributed by atoms with Gasteiger partial charge >= 0.3 is 0 Å². The van der Waals surface area contributed by atoms with E-state index >= 15 is 0 Å². The molecule has 0 saturated heterocycles. The zero-order valence-electron chi connectivity index (χ0n) is 9.64. The topological polar surface area (TPSA) is 56.7 Å². The third kappa shape index (κ3) is 2.05. The molecule has 0 radical (unpaired) electrons. The van der Waals surface area contributed by atoms with E-state index in [4.69, 9.17) is 5.73 Å². The molecule has 16 heavy (non-hydrogen) atoms. The summed E-state index contributed by atoms with van der Waals surface area (Å²) in [6.45, 7) is 4.79. The van der Waals surface area contributed by atoms with E-state index in [1.54, 1.807) is 4.68 Å². The number of benzene rings is 1. The maximum Gasteiger partial charge on any atom is 0.219 e. The Morgan fingerprint density at radius 1 is 1.31 bits per heavy atom. The number of anilines is 1. The van der Waals surface area contributed by atoms with Gasteiger partial charge in [0.15, 0.2) is 5.82 Å². The van der Waals surface area contributed by atoms with Crippen LogP contribution >= 0.6 is 0 Å². The number of hydrogen-bond acceptors (Lipinski definition) is 3. The molecule has 0 atom stereocenters. The molecule has 2 N–H and O–H groups in total. The Kier molecular flexibility index (Phi) is 2.90. The first kappa shape index (κ1) is 10.7. The predicted molar refractivity (Wildman–Crippen MR) is 64.1 cm³/mol. The summed E-state index contributed by atoms with van der Waals surface area (Å²) in [7, 11) is 0. The summed E-state index contributed by atoms with van der Waals surface area (Å²) in [5.74, 6) is 1.28. The predicted octanol–water partition coefficient (Wildman–Crippen LogP) is 1.78. The Morgan fingerprint density at radius 3 is 2.69 bits per heavy atom. The molecule has 2 aromatic rings. The van der Waals surface area contributed by atoms with Crippen LogP contribution < -0.4 is 5.73 Å². The minimum absolute atomic E-state index is 0.486. The minimum Gasteiger partial charge on any atom is -0.368 e. The van der Waals surface area contributed by atoms with Gasteiger partial charge in [-0.3, -0.25) is 0 Å². The van der Waals surface area contributed by atoms with Crippen molar-refractivity contribution in [3.05, 3.63) is 41.2 Å². The van der Waals surface area contributed by atoms with Gasteiger partial charge < -0.3 is 5.73 Å². The van der Waals surface area contributed by atoms with E-state index in [-0.39, 0.29) is 0 Å². The molecule has 0 spiro atoms. The molecule has 84 valence electrons. The lowest BCUT2D eigenvalue weighted by molar-refractivity contribution is 0.680. The van der Waals surface area contributed by atoms with Gasteiger partial charge in [0.25, 0.3) is 0 Å². The van der Waals surface area contributed by atoms with Crippen molar-refractivity contribution in [2.24, 2.45) is 0 Å². The van der Waals surface area contributed by atoms with Crippen LogP contribution in [-0.2, 0) is 13.0 Å². The molecule has 4 heteroatoms. The smallest absolute Gasteiger partial charge is 0.219 e. The second-order valence-corrected chi connectivity index (χ2v) is 3.82. The lowest BCUT2D eigenvalue weighted by Gasteiger charge is -2.05. The van der Waals surface area contributed by atoms with Crippen LogP contribution in [0.15, 0.2) is 24.3 Å². The number of nitrogens with two attached hydrogens (primary N) is 1. The number of aromatic nitrogens is 3. The van der Waals surface area contributed by atoms with Crippen LogP contribution in [0, 0.1) is 6.92 Å². The number of aryl methyl sites for hydroxylation is 2. The summed E-state index contributed by atoms with van der Waals surface area (Å²) < 4.78 is 1.75. The molecular weight excluding hydrogens is 200 g/mol. The molecule has 0 unspecified atom stereocenters. The van der Waals surface area contributed by atoms with E-state index in [0.717, 1.165) is 12.2 Å². The molecule has 1 heterocycles. The van der Waals surface area contributed by atoms with Gasteiger partial charge in [-0.05, 0) is 18.1 Å². The van der Waals surface area contributed by atoms with Crippen molar-refractivity contribution in [3.63, 3.8) is 0 Å². The zero-order chi connectivity index (χ0) is 11.5. The highest BCUT2D eigenvalue weighted by Crippen LogP contribution is 2.11. The van der Waals surface area contributed by atoms with Crippen LogP contribution in [0.1, 0.15) is 23.9 Å². The van der Waals surface area contributed by atoms with E-state index < -0.39 is 0 Å². The fraction of sp³-hybridized carbons (Fsp3) is 0.333. The Labute approximate surface area is 95.1 Å². The molecular formula is C12H16N4. The summed E-state index contributed by atoms with van der Waals surface area (Å²) in [4.78, 5) is 4.18. The first-order valence-electron chi connectivity index (χ1n) is 5.44. The van der Waals surface area contributed by atoms with Gasteiger partial charge in [0, 0.05) is 6.42 Å². The molecule has 2 rings (SSSR count). The SMILES string of the molecule is CCc1nc(N)n(Cc2ccccc2C)n1. The second-order valence-electron chi connectivity index (χ2n) is 3.82. The van der Waals surface area contributed by atoms with Gasteiger partial charge in [0.1, 0.15) is 0 Å². The average Bonchev–Trinajstić information content (AvgIpc) is 2.63. The Balaban J connectivity index is 2.27. The third-order valence-electron chi connectivity index (χ3n) is 2.64. The fourth-order valence-corrected chi connectivity index (χ4v) is 1.62. The summed E-state index contributed by atoms with van der Waals surface area (Å²) in [6, 6.07) is 8.22. The van der Waals surface area contributed by atoms with Crippen molar-refractivity contribution < 1.29 is 0 Å². The maximum atomic E-state index is 5.80. The second kappa shape index (κ2) is 4.35. The lowest BCUT2D eigenvalue weighted by atomic mass is 10.1. The van der Waals surface area contributed by atoms with Crippen molar-refractivity contribution in [1.82, 2.24) is 14.8 Å². The normalized spacial score (nSPS) is 10.6. The summed E-state index contributed by atoms with van der Waals surface area (Å²) in [5, 5.41) is 4.35. The van der Waals surface area contributed by atoms with Crippen molar-refractivity contribution in [2.75, 3.05) is 5.73 Å². The molecule has 4 nitrogen and oxygen atoms in total. The van der Waals surface area contributed by atoms with E-state index in [1.165, 1.54) is 11.1 Å². The highest BCUT2D eigenvalue weighted by atomic mass is 15.4. The Morgan fingerprint density at radius 2 is 2.06 bits per heavy atom. The first-order chi connectivity index (χ1) is 7.70. The molecule has 1 aromatic heterocycles. The third-order valence-corrected chi connectivity index (χ3v) is 2.64. The van der Waals surface area contributed by atoms with Gasteiger partial charge in [-0.15, -0.1) is 0 Å². The molecule has 0 bridgehead atoms. The standard InChI is InChI=1S/C12H16N4/c1-3-11-14-12(13)16(15-11)8-10-7-5-4-6-9(10)2/h4-7H,3,8H2,1-2H3,(H2,13,14,15). The van der Waals surface area contributed by atoms with Gasteiger partial charge in [0.05, 0.1) is 6.54 Å². The molecule has 0 saturated carbocycles. The maximum absolute atomic E-state index is 5.80. The van der Waals surface area contributed by atoms with E-state index in [9.17, 15) is 0 Å². The number of rotatable bonds is 3. The summed E-state index contributed by atoms with van der Waals surface area (Å²) in [5.41, 5.74) is 8.27.